The molecule has 0 saturated carbocycles. The number of alkyl carbamates (subject to hydrolysis) is 1. The topological polar surface area (TPSA) is 113 Å². The van der Waals surface area contributed by atoms with Crippen LogP contribution in [0.2, 0.25) is 0 Å². The van der Waals surface area contributed by atoms with Crippen LogP contribution in [0.4, 0.5) is 4.79 Å². The first-order valence-corrected chi connectivity index (χ1v) is 10.7. The average molecular weight is 472 g/mol. The zero-order chi connectivity index (χ0) is 24.9. The van der Waals surface area contributed by atoms with Gasteiger partial charge in [0.25, 0.3) is 0 Å². The summed E-state index contributed by atoms with van der Waals surface area (Å²) in [5.74, 6) is 0.539. The first-order chi connectivity index (χ1) is 16.1. The molecule has 0 aromatic heterocycles. The lowest BCUT2D eigenvalue weighted by Gasteiger charge is -2.19. The van der Waals surface area contributed by atoms with E-state index in [1.807, 2.05) is 12.1 Å². The second-order valence-electron chi connectivity index (χ2n) is 8.49. The number of hydrogen-bond acceptors (Lipinski definition) is 7. The molecule has 2 N–H and O–H groups in total. The molecule has 182 valence electrons. The Kier molecular flexibility index (Phi) is 7.55. The van der Waals surface area contributed by atoms with Crippen LogP contribution in [-0.4, -0.2) is 50.3 Å². The average Bonchev–Trinajstić information content (AvgIpc) is 3.22. The van der Waals surface area contributed by atoms with Gasteiger partial charge in [0.2, 0.25) is 6.79 Å². The van der Waals surface area contributed by atoms with Crippen LogP contribution in [0, 0.1) is 0 Å². The molecule has 9 heteroatoms. The molecule has 34 heavy (non-hydrogen) atoms. The van der Waals surface area contributed by atoms with E-state index in [0.29, 0.717) is 35.8 Å². The van der Waals surface area contributed by atoms with Crippen LogP contribution in [0.15, 0.2) is 24.3 Å². The smallest absolute Gasteiger partial charge is 0.407 e. The maximum absolute atomic E-state index is 12.0. The lowest BCUT2D eigenvalue weighted by Crippen LogP contribution is -2.33. The molecule has 0 saturated heterocycles. The second-order valence-corrected chi connectivity index (χ2v) is 8.49. The molecule has 0 spiro atoms. The second kappa shape index (κ2) is 10.4. The number of ether oxygens (including phenoxy) is 5. The minimum absolute atomic E-state index is 0.00742. The van der Waals surface area contributed by atoms with E-state index in [2.05, 4.69) is 5.32 Å². The van der Waals surface area contributed by atoms with E-state index < -0.39 is 17.7 Å². The van der Waals surface area contributed by atoms with E-state index in [1.165, 1.54) is 14.2 Å². The van der Waals surface area contributed by atoms with Gasteiger partial charge in [0.1, 0.15) is 11.2 Å². The maximum Gasteiger partial charge on any atom is 0.407 e. The fourth-order valence-electron chi connectivity index (χ4n) is 3.47. The Bertz CT molecular complexity index is 1100. The molecule has 1 aliphatic heterocycles. The molecule has 0 radical (unpaired) electrons. The van der Waals surface area contributed by atoms with Crippen molar-refractivity contribution >= 4 is 24.2 Å². The van der Waals surface area contributed by atoms with Gasteiger partial charge in [0.15, 0.2) is 23.0 Å². The van der Waals surface area contributed by atoms with E-state index >= 15 is 0 Å². The third-order valence-corrected chi connectivity index (χ3v) is 4.93. The van der Waals surface area contributed by atoms with Crippen molar-refractivity contribution in [3.8, 4) is 23.0 Å². The molecule has 2 aromatic rings. The highest BCUT2D eigenvalue weighted by Crippen LogP contribution is 2.37. The lowest BCUT2D eigenvalue weighted by molar-refractivity contribution is 0.0527. The number of carboxylic acids is 1. The van der Waals surface area contributed by atoms with Crippen LogP contribution in [0.25, 0.3) is 12.2 Å². The summed E-state index contributed by atoms with van der Waals surface area (Å²) in [5.41, 5.74) is 1.53. The van der Waals surface area contributed by atoms with Gasteiger partial charge in [0, 0.05) is 6.54 Å². The molecule has 0 bridgehead atoms. The number of methoxy groups -OCH3 is 2. The molecule has 0 aliphatic carbocycles. The number of carbonyl (C=O) groups is 2. The third-order valence-electron chi connectivity index (χ3n) is 4.93. The Morgan fingerprint density at radius 1 is 1.06 bits per heavy atom. The van der Waals surface area contributed by atoms with Gasteiger partial charge in [-0.3, -0.25) is 0 Å². The Balaban J connectivity index is 1.88. The van der Waals surface area contributed by atoms with Gasteiger partial charge >= 0.3 is 12.1 Å². The molecular weight excluding hydrogens is 442 g/mol. The zero-order valence-electron chi connectivity index (χ0n) is 19.9. The summed E-state index contributed by atoms with van der Waals surface area (Å²) in [4.78, 5) is 23.9. The highest BCUT2D eigenvalue weighted by Gasteiger charge is 2.21. The molecule has 0 fully saturated rings. The van der Waals surface area contributed by atoms with Crippen LogP contribution in [-0.2, 0) is 11.2 Å². The van der Waals surface area contributed by atoms with E-state index in [9.17, 15) is 14.7 Å². The van der Waals surface area contributed by atoms with Crippen molar-refractivity contribution < 1.29 is 38.4 Å². The first kappa shape index (κ1) is 24.8. The number of aromatic carboxylic acids is 1. The van der Waals surface area contributed by atoms with Crippen molar-refractivity contribution in [3.05, 3.63) is 46.5 Å². The number of rotatable bonds is 8. The quantitative estimate of drug-likeness (QED) is 0.546. The molecule has 2 aromatic carbocycles. The van der Waals surface area contributed by atoms with Crippen LogP contribution in [0.5, 0.6) is 23.0 Å². The summed E-state index contributed by atoms with van der Waals surface area (Å²) in [7, 11) is 2.84. The summed E-state index contributed by atoms with van der Waals surface area (Å²) >= 11 is 0. The monoisotopic (exact) mass is 471 g/mol. The highest BCUT2D eigenvalue weighted by atomic mass is 16.7. The lowest BCUT2D eigenvalue weighted by atomic mass is 10.00. The van der Waals surface area contributed by atoms with Crippen LogP contribution >= 0.6 is 0 Å². The third kappa shape index (κ3) is 5.92. The van der Waals surface area contributed by atoms with Crippen LogP contribution in [0.1, 0.15) is 47.8 Å². The maximum atomic E-state index is 12.0. The Morgan fingerprint density at radius 3 is 2.35 bits per heavy atom. The van der Waals surface area contributed by atoms with Gasteiger partial charge < -0.3 is 34.1 Å². The SMILES string of the molecule is COc1ccc(/C=C/c2cc3c(cc2CCNC(=O)OC(C)(C)C)OCO3)c(C(=O)O)c1OC. The van der Waals surface area contributed by atoms with Gasteiger partial charge in [-0.05, 0) is 62.1 Å². The fraction of sp³-hybridized carbons (Fsp3) is 0.360. The molecule has 3 rings (SSSR count). The van der Waals surface area contributed by atoms with E-state index in [-0.39, 0.29) is 18.1 Å². The molecular formula is C25H29NO8. The predicted molar refractivity (Wildman–Crippen MR) is 126 cm³/mol. The summed E-state index contributed by atoms with van der Waals surface area (Å²) in [6.07, 6.45) is 3.47. The standard InChI is InChI=1S/C25H29NO8/c1-25(2,3)34-24(29)26-11-10-17-13-20-19(32-14-33-20)12-16(17)7-6-15-8-9-18(30-4)22(31-5)21(15)23(27)28/h6-9,12-13H,10-11,14H2,1-5H3,(H,26,29)(H,27,28)/b7-6+. The number of amides is 1. The van der Waals surface area contributed by atoms with E-state index in [4.69, 9.17) is 23.7 Å². The number of hydrogen-bond donors (Lipinski definition) is 2. The molecule has 1 amide bonds. The van der Waals surface area contributed by atoms with Crippen molar-refractivity contribution in [1.29, 1.82) is 0 Å². The Hall–Kier alpha value is -3.88. The van der Waals surface area contributed by atoms with Gasteiger partial charge in [-0.2, -0.15) is 0 Å². The van der Waals surface area contributed by atoms with Gasteiger partial charge in [-0.1, -0.05) is 18.2 Å². The summed E-state index contributed by atoms with van der Waals surface area (Å²) in [6, 6.07) is 6.97. The summed E-state index contributed by atoms with van der Waals surface area (Å²) < 4.78 is 26.8. The van der Waals surface area contributed by atoms with Crippen molar-refractivity contribution in [2.75, 3.05) is 27.6 Å². The predicted octanol–water partition coefficient (Wildman–Crippen LogP) is 4.37. The molecule has 9 nitrogen and oxygen atoms in total. The summed E-state index contributed by atoms with van der Waals surface area (Å²) in [6.45, 7) is 5.86. The first-order valence-electron chi connectivity index (χ1n) is 10.7. The van der Waals surface area contributed by atoms with Gasteiger partial charge in [0.05, 0.1) is 14.2 Å². The van der Waals surface area contributed by atoms with Crippen LogP contribution in [0.3, 0.4) is 0 Å². The Labute approximate surface area is 198 Å². The molecule has 0 atom stereocenters. The number of carbonyl (C=O) groups excluding carboxylic acids is 1. The number of carboxylic acid groups (broad SMARTS) is 1. The summed E-state index contributed by atoms with van der Waals surface area (Å²) in [5, 5.41) is 12.5. The molecule has 1 aliphatic rings. The van der Waals surface area contributed by atoms with Crippen molar-refractivity contribution in [1.82, 2.24) is 5.32 Å². The van der Waals surface area contributed by atoms with Crippen LogP contribution < -0.4 is 24.3 Å². The minimum Gasteiger partial charge on any atom is -0.493 e. The van der Waals surface area contributed by atoms with Gasteiger partial charge in [-0.15, -0.1) is 0 Å². The normalized spacial score (nSPS) is 12.5. The van der Waals surface area contributed by atoms with Crippen molar-refractivity contribution in [2.24, 2.45) is 0 Å². The highest BCUT2D eigenvalue weighted by molar-refractivity contribution is 5.97. The number of fused-ring (bicyclic) bond motifs is 1. The largest absolute Gasteiger partial charge is 0.493 e. The van der Waals surface area contributed by atoms with E-state index in [1.54, 1.807) is 45.1 Å². The minimum atomic E-state index is -1.14. The van der Waals surface area contributed by atoms with Gasteiger partial charge in [-0.25, -0.2) is 9.59 Å². The molecule has 0 unspecified atom stereocenters. The number of nitrogens with one attached hydrogen (secondary N) is 1. The Morgan fingerprint density at radius 2 is 1.74 bits per heavy atom. The number of benzene rings is 2. The zero-order valence-corrected chi connectivity index (χ0v) is 19.9. The van der Waals surface area contributed by atoms with E-state index in [0.717, 1.165) is 11.1 Å². The molecule has 1 heterocycles. The fourth-order valence-corrected chi connectivity index (χ4v) is 3.47. The van der Waals surface area contributed by atoms with Crippen molar-refractivity contribution in [2.45, 2.75) is 32.8 Å². The van der Waals surface area contributed by atoms with Crippen molar-refractivity contribution in [3.63, 3.8) is 0 Å².